The fraction of sp³-hybridized carbons (Fsp3) is 0.200. The lowest BCUT2D eigenvalue weighted by atomic mass is 10.0. The van der Waals surface area contributed by atoms with Gasteiger partial charge in [-0.3, -0.25) is 4.79 Å². The molecule has 3 rings (SSSR count). The summed E-state index contributed by atoms with van der Waals surface area (Å²) in [6.45, 7) is 3.82. The maximum Gasteiger partial charge on any atom is 0.242 e. The molecule has 0 saturated heterocycles. The quantitative estimate of drug-likeness (QED) is 0.370. The van der Waals surface area contributed by atoms with Crippen LogP contribution in [0.25, 0.3) is 0 Å². The zero-order valence-corrected chi connectivity index (χ0v) is 19.6. The van der Waals surface area contributed by atoms with Gasteiger partial charge in [-0.1, -0.05) is 60.2 Å². The predicted molar refractivity (Wildman–Crippen MR) is 129 cm³/mol. The van der Waals surface area contributed by atoms with Crippen LogP contribution in [0.5, 0.6) is 5.75 Å². The van der Waals surface area contributed by atoms with Gasteiger partial charge in [-0.25, -0.2) is 18.6 Å². The van der Waals surface area contributed by atoms with Crippen LogP contribution in [0.4, 0.5) is 0 Å². The first-order valence-electron chi connectivity index (χ1n) is 10.4. The van der Waals surface area contributed by atoms with E-state index in [1.165, 1.54) is 6.21 Å². The van der Waals surface area contributed by atoms with Gasteiger partial charge in [0.05, 0.1) is 24.3 Å². The molecule has 7 nitrogen and oxygen atoms in total. The molecule has 2 N–H and O–H groups in total. The lowest BCUT2D eigenvalue weighted by Gasteiger charge is -2.18. The third-order valence-electron chi connectivity index (χ3n) is 5.06. The number of hydrazone groups is 1. The Kier molecular flexibility index (Phi) is 7.97. The smallest absolute Gasteiger partial charge is 0.242 e. The molecule has 3 aromatic carbocycles. The van der Waals surface area contributed by atoms with Gasteiger partial charge in [0.1, 0.15) is 5.75 Å². The van der Waals surface area contributed by atoms with Crippen molar-refractivity contribution in [3.8, 4) is 5.75 Å². The number of carbonyl (C=O) groups excluding carboxylic acids is 1. The van der Waals surface area contributed by atoms with Crippen molar-refractivity contribution in [1.82, 2.24) is 10.1 Å². The molecular weight excluding hydrogens is 438 g/mol. The van der Waals surface area contributed by atoms with Crippen LogP contribution in [0, 0.1) is 13.8 Å². The Labute approximate surface area is 194 Å². The highest BCUT2D eigenvalue weighted by Crippen LogP contribution is 2.21. The number of aryl methyl sites for hydroxylation is 2. The molecule has 0 aliphatic heterocycles. The van der Waals surface area contributed by atoms with Crippen molar-refractivity contribution in [3.05, 3.63) is 95.1 Å². The van der Waals surface area contributed by atoms with Gasteiger partial charge in [-0.05, 0) is 48.7 Å². The van der Waals surface area contributed by atoms with E-state index in [0.717, 1.165) is 22.4 Å². The van der Waals surface area contributed by atoms with E-state index in [0.29, 0.717) is 5.56 Å². The molecule has 3 aromatic rings. The van der Waals surface area contributed by atoms with Crippen LogP contribution in [0.1, 0.15) is 34.7 Å². The maximum absolute atomic E-state index is 12.9. The number of nitrogens with zero attached hydrogens (tertiary/aromatic N) is 1. The topological polar surface area (TPSA) is 96.9 Å². The van der Waals surface area contributed by atoms with E-state index in [1.807, 2.05) is 38.1 Å². The van der Waals surface area contributed by atoms with Crippen LogP contribution in [0.3, 0.4) is 0 Å². The second-order valence-corrected chi connectivity index (χ2v) is 9.34. The van der Waals surface area contributed by atoms with E-state index < -0.39 is 22.0 Å². The van der Waals surface area contributed by atoms with Crippen LogP contribution in [-0.4, -0.2) is 27.6 Å². The normalized spacial score (nSPS) is 12.5. The molecule has 0 unspecified atom stereocenters. The van der Waals surface area contributed by atoms with Crippen molar-refractivity contribution in [1.29, 1.82) is 0 Å². The molecule has 0 bridgehead atoms. The molecule has 0 aromatic heterocycles. The Morgan fingerprint density at radius 1 is 1.03 bits per heavy atom. The third kappa shape index (κ3) is 6.74. The minimum Gasteiger partial charge on any atom is -0.496 e. The fourth-order valence-electron chi connectivity index (χ4n) is 3.21. The molecular formula is C25H27N3O4S. The Morgan fingerprint density at radius 2 is 1.73 bits per heavy atom. The van der Waals surface area contributed by atoms with E-state index in [4.69, 9.17) is 4.74 Å². The van der Waals surface area contributed by atoms with Gasteiger partial charge in [0.15, 0.2) is 0 Å². The van der Waals surface area contributed by atoms with E-state index in [-0.39, 0.29) is 11.3 Å². The number of nitrogens with one attached hydrogen (secondary N) is 2. The van der Waals surface area contributed by atoms with Crippen molar-refractivity contribution < 1.29 is 17.9 Å². The van der Waals surface area contributed by atoms with Crippen molar-refractivity contribution in [2.45, 2.75) is 31.2 Å². The van der Waals surface area contributed by atoms with E-state index >= 15 is 0 Å². The Hall–Kier alpha value is -3.49. The zero-order chi connectivity index (χ0) is 23.8. The first-order valence-corrected chi connectivity index (χ1v) is 11.9. The number of methoxy groups -OCH3 is 1. The number of benzene rings is 3. The Bertz CT molecular complexity index is 1220. The Balaban J connectivity index is 1.72. The summed E-state index contributed by atoms with van der Waals surface area (Å²) in [6, 6.07) is 20.3. The standard InChI is InChI=1S/C25H27N3O4S/c1-18-9-13-22(14-10-18)33(30,31)28-23(21-7-5-4-6-8-21)16-25(29)27-26-17-20-12-11-19(2)24(15-20)32-3/h4-15,17,23,28H,16H2,1-3H3,(H,27,29)/b26-17-/t23-/m1/s1. The highest BCUT2D eigenvalue weighted by molar-refractivity contribution is 7.89. The molecule has 0 heterocycles. The minimum absolute atomic E-state index is 0.121. The number of hydrogen-bond donors (Lipinski definition) is 2. The van der Waals surface area contributed by atoms with Crippen LogP contribution in [0.15, 0.2) is 82.8 Å². The molecule has 172 valence electrons. The maximum atomic E-state index is 12.9. The SMILES string of the molecule is COc1cc(/C=N\NC(=O)C[C@@H](NS(=O)(=O)c2ccc(C)cc2)c2ccccc2)ccc1C. The molecule has 1 amide bonds. The Morgan fingerprint density at radius 3 is 2.39 bits per heavy atom. The molecule has 0 aliphatic rings. The molecule has 0 aliphatic carbocycles. The van der Waals surface area contributed by atoms with E-state index in [9.17, 15) is 13.2 Å². The molecule has 33 heavy (non-hydrogen) atoms. The first kappa shape index (κ1) is 24.2. The van der Waals surface area contributed by atoms with Gasteiger partial charge < -0.3 is 4.74 Å². The molecule has 1 atom stereocenters. The van der Waals surface area contributed by atoms with Gasteiger partial charge >= 0.3 is 0 Å². The van der Waals surface area contributed by atoms with Gasteiger partial charge in [-0.2, -0.15) is 5.10 Å². The highest BCUT2D eigenvalue weighted by Gasteiger charge is 2.23. The molecule has 8 heteroatoms. The highest BCUT2D eigenvalue weighted by atomic mass is 32.2. The summed E-state index contributed by atoms with van der Waals surface area (Å²) in [5.74, 6) is 0.297. The van der Waals surface area contributed by atoms with E-state index in [1.54, 1.807) is 55.6 Å². The first-order chi connectivity index (χ1) is 15.8. The third-order valence-corrected chi connectivity index (χ3v) is 6.54. The number of sulfonamides is 1. The number of ether oxygens (including phenoxy) is 1. The van der Waals surface area contributed by atoms with Crippen LogP contribution < -0.4 is 14.9 Å². The average Bonchev–Trinajstić information content (AvgIpc) is 2.80. The number of rotatable bonds is 9. The lowest BCUT2D eigenvalue weighted by Crippen LogP contribution is -2.32. The summed E-state index contributed by atoms with van der Waals surface area (Å²) in [7, 11) is -2.24. The van der Waals surface area contributed by atoms with Crippen molar-refractivity contribution in [2.24, 2.45) is 5.10 Å². The average molecular weight is 466 g/mol. The van der Waals surface area contributed by atoms with E-state index in [2.05, 4.69) is 15.2 Å². The number of amides is 1. The summed E-state index contributed by atoms with van der Waals surface area (Å²) in [6.07, 6.45) is 1.39. The van der Waals surface area contributed by atoms with Crippen LogP contribution in [-0.2, 0) is 14.8 Å². The van der Waals surface area contributed by atoms with Crippen molar-refractivity contribution in [3.63, 3.8) is 0 Å². The number of carbonyl (C=O) groups is 1. The van der Waals surface area contributed by atoms with Gasteiger partial charge in [0.25, 0.3) is 0 Å². The van der Waals surface area contributed by atoms with Gasteiger partial charge in [0.2, 0.25) is 15.9 Å². The minimum atomic E-state index is -3.83. The number of hydrogen-bond acceptors (Lipinski definition) is 5. The summed E-state index contributed by atoms with van der Waals surface area (Å²) in [5, 5.41) is 4.00. The lowest BCUT2D eigenvalue weighted by molar-refractivity contribution is -0.121. The second kappa shape index (κ2) is 10.9. The zero-order valence-electron chi connectivity index (χ0n) is 18.8. The summed E-state index contributed by atoms with van der Waals surface area (Å²) in [5.41, 5.74) is 5.86. The summed E-state index contributed by atoms with van der Waals surface area (Å²) >= 11 is 0. The predicted octanol–water partition coefficient (Wildman–Crippen LogP) is 3.87. The largest absolute Gasteiger partial charge is 0.496 e. The summed E-state index contributed by atoms with van der Waals surface area (Å²) < 4.78 is 33.8. The van der Waals surface area contributed by atoms with Crippen LogP contribution >= 0.6 is 0 Å². The molecule has 0 radical (unpaired) electrons. The molecule has 0 fully saturated rings. The summed E-state index contributed by atoms with van der Waals surface area (Å²) in [4.78, 5) is 12.7. The van der Waals surface area contributed by atoms with Crippen molar-refractivity contribution >= 4 is 22.1 Å². The molecule has 0 saturated carbocycles. The van der Waals surface area contributed by atoms with Gasteiger partial charge in [0, 0.05) is 6.42 Å². The van der Waals surface area contributed by atoms with Gasteiger partial charge in [-0.15, -0.1) is 0 Å². The second-order valence-electron chi connectivity index (χ2n) is 7.62. The fourth-order valence-corrected chi connectivity index (χ4v) is 4.44. The monoisotopic (exact) mass is 465 g/mol. The molecule has 0 spiro atoms. The van der Waals surface area contributed by atoms with Crippen LogP contribution in [0.2, 0.25) is 0 Å². The van der Waals surface area contributed by atoms with Crippen molar-refractivity contribution in [2.75, 3.05) is 7.11 Å².